The Morgan fingerprint density at radius 3 is 2.75 bits per heavy atom. The van der Waals surface area contributed by atoms with Crippen LogP contribution in [0, 0.1) is 0 Å². The van der Waals surface area contributed by atoms with Gasteiger partial charge in [-0.3, -0.25) is 4.79 Å². The van der Waals surface area contributed by atoms with Gasteiger partial charge in [0.1, 0.15) is 19.1 Å². The van der Waals surface area contributed by atoms with Crippen molar-refractivity contribution in [3.8, 4) is 5.75 Å². The normalized spacial score (nSPS) is 10.7. The van der Waals surface area contributed by atoms with Crippen molar-refractivity contribution in [1.82, 2.24) is 9.78 Å². The van der Waals surface area contributed by atoms with E-state index in [-0.39, 0.29) is 5.91 Å². The topological polar surface area (TPSA) is 65.4 Å². The van der Waals surface area contributed by atoms with Crippen LogP contribution in [0.4, 0.5) is 5.69 Å². The number of halogens is 2. The SMILES string of the molecule is CCOCn1cc(NC(=O)c2ccc(COc3ccc(Br)cc3Cl)cc2)cn1. The van der Waals surface area contributed by atoms with Gasteiger partial charge in [0.2, 0.25) is 0 Å². The first-order valence-electron chi connectivity index (χ1n) is 8.63. The van der Waals surface area contributed by atoms with E-state index in [9.17, 15) is 4.79 Å². The zero-order valence-corrected chi connectivity index (χ0v) is 17.5. The fourth-order valence-electron chi connectivity index (χ4n) is 2.39. The van der Waals surface area contributed by atoms with E-state index in [1.165, 1.54) is 0 Å². The predicted molar refractivity (Wildman–Crippen MR) is 112 cm³/mol. The summed E-state index contributed by atoms with van der Waals surface area (Å²) in [6.07, 6.45) is 3.30. The molecule has 0 aliphatic rings. The molecule has 0 aliphatic heterocycles. The molecule has 0 fully saturated rings. The van der Waals surface area contributed by atoms with Gasteiger partial charge in [0.05, 0.1) is 23.1 Å². The summed E-state index contributed by atoms with van der Waals surface area (Å²) in [7, 11) is 0. The Hall–Kier alpha value is -2.35. The number of benzene rings is 2. The zero-order chi connectivity index (χ0) is 19.9. The number of anilines is 1. The summed E-state index contributed by atoms with van der Waals surface area (Å²) in [5, 5.41) is 7.48. The molecule has 6 nitrogen and oxygen atoms in total. The van der Waals surface area contributed by atoms with Crippen LogP contribution in [0.25, 0.3) is 0 Å². The highest BCUT2D eigenvalue weighted by Gasteiger charge is 2.08. The summed E-state index contributed by atoms with van der Waals surface area (Å²) < 4.78 is 13.5. The minimum absolute atomic E-state index is 0.209. The number of carbonyl (C=O) groups excluding carboxylic acids is 1. The lowest BCUT2D eigenvalue weighted by Gasteiger charge is -2.09. The highest BCUT2D eigenvalue weighted by Crippen LogP contribution is 2.28. The number of nitrogens with zero attached hydrogens (tertiary/aromatic N) is 2. The van der Waals surface area contributed by atoms with Crippen molar-refractivity contribution >= 4 is 39.1 Å². The molecule has 3 rings (SSSR count). The number of aromatic nitrogens is 2. The Balaban J connectivity index is 1.55. The van der Waals surface area contributed by atoms with Gasteiger partial charge in [-0.1, -0.05) is 39.7 Å². The van der Waals surface area contributed by atoms with Crippen molar-refractivity contribution in [1.29, 1.82) is 0 Å². The van der Waals surface area contributed by atoms with E-state index in [2.05, 4.69) is 26.3 Å². The van der Waals surface area contributed by atoms with Crippen LogP contribution < -0.4 is 10.1 Å². The maximum absolute atomic E-state index is 12.4. The quantitative estimate of drug-likeness (QED) is 0.502. The average Bonchev–Trinajstić information content (AvgIpc) is 3.13. The summed E-state index contributed by atoms with van der Waals surface area (Å²) in [6.45, 7) is 3.22. The molecule has 0 radical (unpaired) electrons. The molecule has 146 valence electrons. The average molecular weight is 465 g/mol. The molecule has 1 aromatic heterocycles. The van der Waals surface area contributed by atoms with E-state index < -0.39 is 0 Å². The lowest BCUT2D eigenvalue weighted by Crippen LogP contribution is -2.11. The summed E-state index contributed by atoms with van der Waals surface area (Å²) in [5.74, 6) is 0.398. The Labute approximate surface area is 176 Å². The number of hydrogen-bond acceptors (Lipinski definition) is 4. The highest BCUT2D eigenvalue weighted by molar-refractivity contribution is 9.10. The second kappa shape index (κ2) is 9.73. The number of carbonyl (C=O) groups is 1. The van der Waals surface area contributed by atoms with Crippen LogP contribution >= 0.6 is 27.5 Å². The van der Waals surface area contributed by atoms with E-state index in [4.69, 9.17) is 21.1 Å². The van der Waals surface area contributed by atoms with Crippen molar-refractivity contribution in [2.45, 2.75) is 20.3 Å². The van der Waals surface area contributed by atoms with Gasteiger partial charge < -0.3 is 14.8 Å². The second-order valence-corrected chi connectivity index (χ2v) is 7.23. The van der Waals surface area contributed by atoms with E-state index in [1.807, 2.05) is 25.1 Å². The molecule has 0 unspecified atom stereocenters. The van der Waals surface area contributed by atoms with Gasteiger partial charge >= 0.3 is 0 Å². The van der Waals surface area contributed by atoms with Gasteiger partial charge in [0.25, 0.3) is 5.91 Å². The van der Waals surface area contributed by atoms with Gasteiger partial charge in [0, 0.05) is 16.6 Å². The Morgan fingerprint density at radius 2 is 2.04 bits per heavy atom. The molecule has 0 saturated carbocycles. The molecule has 28 heavy (non-hydrogen) atoms. The summed E-state index contributed by atoms with van der Waals surface area (Å²) in [4.78, 5) is 12.4. The molecule has 3 aromatic rings. The van der Waals surface area contributed by atoms with Crippen LogP contribution in [-0.2, 0) is 18.1 Å². The van der Waals surface area contributed by atoms with Crippen molar-refractivity contribution in [2.75, 3.05) is 11.9 Å². The van der Waals surface area contributed by atoms with Crippen molar-refractivity contribution in [2.24, 2.45) is 0 Å². The van der Waals surface area contributed by atoms with Gasteiger partial charge in [-0.25, -0.2) is 4.68 Å². The number of hydrogen-bond donors (Lipinski definition) is 1. The molecular weight excluding hydrogens is 446 g/mol. The van der Waals surface area contributed by atoms with Crippen molar-refractivity contribution < 1.29 is 14.3 Å². The van der Waals surface area contributed by atoms with E-state index >= 15 is 0 Å². The van der Waals surface area contributed by atoms with Crippen LogP contribution in [0.1, 0.15) is 22.8 Å². The van der Waals surface area contributed by atoms with Gasteiger partial charge in [-0.05, 0) is 42.8 Å². The summed E-state index contributed by atoms with van der Waals surface area (Å²) >= 11 is 9.51. The highest BCUT2D eigenvalue weighted by atomic mass is 79.9. The molecule has 0 aliphatic carbocycles. The maximum Gasteiger partial charge on any atom is 0.255 e. The van der Waals surface area contributed by atoms with E-state index in [0.717, 1.165) is 10.0 Å². The first-order valence-corrected chi connectivity index (χ1v) is 9.80. The molecule has 0 atom stereocenters. The Morgan fingerprint density at radius 1 is 1.25 bits per heavy atom. The Kier molecular flexibility index (Phi) is 7.08. The number of ether oxygens (including phenoxy) is 2. The van der Waals surface area contributed by atoms with Crippen LogP contribution in [0.5, 0.6) is 5.75 Å². The third-order valence-corrected chi connectivity index (χ3v) is 4.61. The molecule has 0 spiro atoms. The van der Waals surface area contributed by atoms with E-state index in [1.54, 1.807) is 41.3 Å². The van der Waals surface area contributed by atoms with Crippen molar-refractivity contribution in [3.05, 3.63) is 75.5 Å². The molecule has 8 heteroatoms. The lowest BCUT2D eigenvalue weighted by atomic mass is 10.1. The molecular formula is C20H19BrClN3O3. The van der Waals surface area contributed by atoms with Gasteiger partial charge in [-0.15, -0.1) is 0 Å². The third-order valence-electron chi connectivity index (χ3n) is 3.82. The largest absolute Gasteiger partial charge is 0.487 e. The van der Waals surface area contributed by atoms with Gasteiger partial charge in [0.15, 0.2) is 0 Å². The van der Waals surface area contributed by atoms with Gasteiger partial charge in [-0.2, -0.15) is 5.10 Å². The van der Waals surface area contributed by atoms with Crippen LogP contribution in [0.3, 0.4) is 0 Å². The number of rotatable bonds is 8. The monoisotopic (exact) mass is 463 g/mol. The fraction of sp³-hybridized carbons (Fsp3) is 0.200. The van der Waals surface area contributed by atoms with Crippen molar-refractivity contribution in [3.63, 3.8) is 0 Å². The molecule has 1 heterocycles. The maximum atomic E-state index is 12.4. The molecule has 2 aromatic carbocycles. The zero-order valence-electron chi connectivity index (χ0n) is 15.2. The Bertz CT molecular complexity index is 944. The first-order chi connectivity index (χ1) is 13.5. The van der Waals surface area contributed by atoms with Crippen LogP contribution in [0.15, 0.2) is 59.3 Å². The molecule has 0 saturated heterocycles. The van der Waals surface area contributed by atoms with Crippen LogP contribution in [0.2, 0.25) is 5.02 Å². The smallest absolute Gasteiger partial charge is 0.255 e. The predicted octanol–water partition coefficient (Wildman–Crippen LogP) is 5.12. The minimum atomic E-state index is -0.209. The molecule has 1 amide bonds. The van der Waals surface area contributed by atoms with Crippen LogP contribution in [-0.4, -0.2) is 22.3 Å². The fourth-order valence-corrected chi connectivity index (χ4v) is 3.12. The standard InChI is InChI=1S/C20H19BrClN3O3/c1-2-27-13-25-11-17(10-23-25)24-20(26)15-5-3-14(4-6-15)12-28-19-8-7-16(21)9-18(19)22/h3-11H,2,12-13H2,1H3,(H,24,26). The minimum Gasteiger partial charge on any atom is -0.487 e. The number of amides is 1. The second-order valence-electron chi connectivity index (χ2n) is 5.90. The third kappa shape index (κ3) is 5.58. The van der Waals surface area contributed by atoms with E-state index in [0.29, 0.717) is 42.0 Å². The summed E-state index contributed by atoms with van der Waals surface area (Å²) in [6, 6.07) is 12.6. The first kappa shape index (κ1) is 20.4. The number of nitrogens with one attached hydrogen (secondary N) is 1. The molecule has 1 N–H and O–H groups in total. The summed E-state index contributed by atoms with van der Waals surface area (Å²) in [5.41, 5.74) is 2.09. The lowest BCUT2D eigenvalue weighted by molar-refractivity contribution is 0.0792. The molecule has 0 bridgehead atoms.